The summed E-state index contributed by atoms with van der Waals surface area (Å²) >= 11 is 6.78. The first kappa shape index (κ1) is 17.5. The van der Waals surface area contributed by atoms with Gasteiger partial charge in [0.25, 0.3) is 0 Å². The number of nitrogens with two attached hydrogens (primary N) is 1. The Hall–Kier alpha value is -2.89. The zero-order chi connectivity index (χ0) is 18.9. The topological polar surface area (TPSA) is 29.3 Å². The minimum absolute atomic E-state index is 0.104. The predicted molar refractivity (Wildman–Crippen MR) is 112 cm³/mol. The smallest absolute Gasteiger partial charge is 0.113 e. The normalized spacial score (nSPS) is 24.4. The average Bonchev–Trinajstić information content (AvgIpc) is 2.67. The summed E-state index contributed by atoms with van der Waals surface area (Å²) in [5.74, 6) is 6.94. The van der Waals surface area contributed by atoms with Crippen LogP contribution in [-0.2, 0) is 5.54 Å². The van der Waals surface area contributed by atoms with Crippen molar-refractivity contribution < 1.29 is 0 Å². The van der Waals surface area contributed by atoms with Crippen LogP contribution in [-0.4, -0.2) is 11.9 Å². The van der Waals surface area contributed by atoms with Gasteiger partial charge in [-0.05, 0) is 11.6 Å². The summed E-state index contributed by atoms with van der Waals surface area (Å²) in [5, 5.41) is 0.711. The first-order valence-electron chi connectivity index (χ1n) is 8.97. The summed E-state index contributed by atoms with van der Waals surface area (Å²) in [5.41, 5.74) is 6.89. The van der Waals surface area contributed by atoms with E-state index in [0.29, 0.717) is 5.02 Å². The number of allylic oxidation sites excluding steroid dienone is 3. The Bertz CT molecular complexity index is 996. The van der Waals surface area contributed by atoms with Gasteiger partial charge in [-0.3, -0.25) is 0 Å². The first-order valence-corrected chi connectivity index (χ1v) is 9.35. The molecule has 3 heteroatoms. The van der Waals surface area contributed by atoms with Gasteiger partial charge in [-0.25, -0.2) is 0 Å². The van der Waals surface area contributed by atoms with Crippen LogP contribution in [0.5, 0.6) is 0 Å². The van der Waals surface area contributed by atoms with Crippen molar-refractivity contribution in [2.75, 3.05) is 7.05 Å². The van der Waals surface area contributed by atoms with Crippen LogP contribution in [0.15, 0.2) is 91.3 Å². The van der Waals surface area contributed by atoms with Gasteiger partial charge in [-0.2, -0.15) is 0 Å². The van der Waals surface area contributed by atoms with Crippen LogP contribution in [0.4, 0.5) is 0 Å². The molecular weight excluding hydrogens is 352 g/mol. The molecule has 2 aliphatic carbocycles. The molecule has 0 fully saturated rings. The number of rotatable bonds is 5. The Morgan fingerprint density at radius 2 is 1.85 bits per heavy atom. The molecular formula is C24H21ClN2. The maximum absolute atomic E-state index is 6.78. The largest absolute Gasteiger partial charge is 0.403 e. The molecule has 0 saturated carbocycles. The number of hydrogen-bond donors (Lipinski definition) is 1. The maximum atomic E-state index is 6.78. The molecule has 3 unspecified atom stereocenters. The van der Waals surface area contributed by atoms with E-state index in [1.807, 2.05) is 37.5 Å². The Labute approximate surface area is 165 Å². The average molecular weight is 373 g/mol. The Morgan fingerprint density at radius 3 is 2.48 bits per heavy atom. The third kappa shape index (κ3) is 2.36. The van der Waals surface area contributed by atoms with Crippen LogP contribution in [0.3, 0.4) is 0 Å². The van der Waals surface area contributed by atoms with Crippen LogP contribution in [0.1, 0.15) is 11.1 Å². The van der Waals surface area contributed by atoms with Crippen molar-refractivity contribution in [3.05, 3.63) is 107 Å². The molecule has 3 atom stereocenters. The first-order chi connectivity index (χ1) is 13.2. The zero-order valence-electron chi connectivity index (χ0n) is 15.1. The molecule has 134 valence electrons. The van der Waals surface area contributed by atoms with Gasteiger partial charge in [-0.15, -0.1) is 0 Å². The quantitative estimate of drug-likeness (QED) is 0.771. The number of nitrogens with zero attached hydrogens (tertiary/aromatic N) is 1. The molecule has 0 bridgehead atoms. The van der Waals surface area contributed by atoms with Gasteiger partial charge in [0.05, 0.1) is 11.3 Å². The molecule has 0 heterocycles. The summed E-state index contributed by atoms with van der Waals surface area (Å²) in [6, 6.07) is 18.4. The van der Waals surface area contributed by atoms with Gasteiger partial charge in [0, 0.05) is 30.0 Å². The van der Waals surface area contributed by atoms with E-state index in [1.165, 1.54) is 0 Å². The fourth-order valence-electron chi connectivity index (χ4n) is 4.45. The molecule has 0 aromatic heterocycles. The van der Waals surface area contributed by atoms with Crippen LogP contribution >= 0.6 is 11.6 Å². The Morgan fingerprint density at radius 1 is 1.11 bits per heavy atom. The maximum Gasteiger partial charge on any atom is 0.113 e. The molecule has 2 aromatic carbocycles. The van der Waals surface area contributed by atoms with E-state index >= 15 is 0 Å². The van der Waals surface area contributed by atoms with Gasteiger partial charge < -0.3 is 10.6 Å². The van der Waals surface area contributed by atoms with E-state index in [2.05, 4.69) is 71.4 Å². The summed E-state index contributed by atoms with van der Waals surface area (Å²) < 4.78 is 0. The Balaban J connectivity index is 2.12. The standard InChI is InChI=1S/C24H21ClN2/c1-27(18-17-26)24(20-10-3-2-4-11-20,21-12-5-6-13-22(21)25)23-15-8-7-9-19(23)14-16-23/h2-13,15,17-19H,26H2,1H3/b18-17-. The predicted octanol–water partition coefficient (Wildman–Crippen LogP) is 4.69. The molecule has 0 radical (unpaired) electrons. The number of hydrogen-bond acceptors (Lipinski definition) is 2. The summed E-state index contributed by atoms with van der Waals surface area (Å²) in [4.78, 5) is 2.15. The van der Waals surface area contributed by atoms with Crippen LogP contribution in [0.25, 0.3) is 0 Å². The van der Waals surface area contributed by atoms with Crippen molar-refractivity contribution in [3.63, 3.8) is 0 Å². The molecule has 4 rings (SSSR count). The fraction of sp³-hybridized carbons (Fsp3) is 0.167. The summed E-state index contributed by atoms with van der Waals surface area (Å²) in [7, 11) is 2.04. The molecule has 2 aliphatic rings. The number of benzene rings is 2. The third-order valence-electron chi connectivity index (χ3n) is 5.59. The van der Waals surface area contributed by atoms with Crippen molar-refractivity contribution in [1.29, 1.82) is 0 Å². The Kier molecular flexibility index (Phi) is 4.34. The van der Waals surface area contributed by atoms with Crippen molar-refractivity contribution >= 4 is 11.6 Å². The highest BCUT2D eigenvalue weighted by molar-refractivity contribution is 6.31. The van der Waals surface area contributed by atoms with Gasteiger partial charge in [0.15, 0.2) is 0 Å². The minimum Gasteiger partial charge on any atom is -0.403 e. The van der Waals surface area contributed by atoms with E-state index in [0.717, 1.165) is 11.1 Å². The molecule has 0 spiro atoms. The lowest BCUT2D eigenvalue weighted by atomic mass is 9.52. The van der Waals surface area contributed by atoms with E-state index < -0.39 is 11.0 Å². The van der Waals surface area contributed by atoms with Gasteiger partial charge >= 0.3 is 0 Å². The molecule has 2 N–H and O–H groups in total. The number of fused-ring (bicyclic) bond motifs is 1. The van der Waals surface area contributed by atoms with Crippen molar-refractivity contribution in [2.24, 2.45) is 17.1 Å². The second kappa shape index (κ2) is 6.68. The highest BCUT2D eigenvalue weighted by Gasteiger charge is 2.60. The highest BCUT2D eigenvalue weighted by Crippen LogP contribution is 2.59. The van der Waals surface area contributed by atoms with E-state index in [9.17, 15) is 0 Å². The number of halogens is 1. The molecule has 0 saturated heterocycles. The van der Waals surface area contributed by atoms with Gasteiger partial charge in [0.2, 0.25) is 0 Å². The second-order valence-corrected chi connectivity index (χ2v) is 7.28. The lowest BCUT2D eigenvalue weighted by Crippen LogP contribution is -2.59. The van der Waals surface area contributed by atoms with Gasteiger partial charge in [-0.1, -0.05) is 96.3 Å². The lowest BCUT2D eigenvalue weighted by Gasteiger charge is -2.57. The van der Waals surface area contributed by atoms with Gasteiger partial charge in [0.1, 0.15) is 5.54 Å². The van der Waals surface area contributed by atoms with Crippen LogP contribution < -0.4 is 5.73 Å². The minimum atomic E-state index is -0.625. The van der Waals surface area contributed by atoms with E-state index in [-0.39, 0.29) is 5.92 Å². The molecule has 0 aliphatic heterocycles. The van der Waals surface area contributed by atoms with Crippen LogP contribution in [0.2, 0.25) is 5.02 Å². The van der Waals surface area contributed by atoms with Crippen molar-refractivity contribution in [1.82, 2.24) is 4.90 Å². The highest BCUT2D eigenvalue weighted by atomic mass is 35.5. The third-order valence-corrected chi connectivity index (χ3v) is 5.92. The lowest BCUT2D eigenvalue weighted by molar-refractivity contribution is 0.0932. The summed E-state index contributed by atoms with van der Waals surface area (Å²) in [6.07, 6.45) is 12.0. The SMILES string of the molecule is CN(/C=C\N)C(c1ccccc1)(c1ccccc1Cl)C12C#CC1C=CC=C2. The molecule has 2 aromatic rings. The molecule has 27 heavy (non-hydrogen) atoms. The second-order valence-electron chi connectivity index (χ2n) is 6.87. The van der Waals surface area contributed by atoms with Crippen molar-refractivity contribution in [3.8, 4) is 11.8 Å². The van der Waals surface area contributed by atoms with E-state index in [1.54, 1.807) is 6.20 Å². The van der Waals surface area contributed by atoms with E-state index in [4.69, 9.17) is 17.3 Å². The van der Waals surface area contributed by atoms with Crippen molar-refractivity contribution in [2.45, 2.75) is 5.54 Å². The molecule has 0 amide bonds. The molecule has 2 nitrogen and oxygen atoms in total. The summed E-state index contributed by atoms with van der Waals surface area (Å²) in [6.45, 7) is 0. The fourth-order valence-corrected chi connectivity index (χ4v) is 4.72. The zero-order valence-corrected chi connectivity index (χ0v) is 15.9. The monoisotopic (exact) mass is 372 g/mol. The van der Waals surface area contributed by atoms with Crippen LogP contribution in [0, 0.1) is 23.2 Å².